The van der Waals surface area contributed by atoms with Gasteiger partial charge in [0, 0.05) is 37.1 Å². The first-order valence-corrected chi connectivity index (χ1v) is 7.42. The minimum absolute atomic E-state index is 0.0103. The van der Waals surface area contributed by atoms with Gasteiger partial charge in [-0.05, 0) is 32.8 Å². The van der Waals surface area contributed by atoms with Gasteiger partial charge >= 0.3 is 0 Å². The predicted octanol–water partition coefficient (Wildman–Crippen LogP) is 1.39. The molecule has 0 bridgehead atoms. The van der Waals surface area contributed by atoms with Crippen molar-refractivity contribution in [3.8, 4) is 0 Å². The lowest BCUT2D eigenvalue weighted by Gasteiger charge is -2.11. The first-order chi connectivity index (χ1) is 10.1. The lowest BCUT2D eigenvalue weighted by atomic mass is 10.4. The standard InChI is InChI=1S/C15H21N5O/c1-11-5-7-19(18-11)10-14(21)16-6-8-20-12(2)9-17-15(20)13-3-4-13/h5,7,9,13H,3-4,6,8,10H2,1-2H3,(H,16,21). The van der Waals surface area contributed by atoms with Crippen molar-refractivity contribution in [1.29, 1.82) is 0 Å². The van der Waals surface area contributed by atoms with E-state index in [-0.39, 0.29) is 12.5 Å². The molecule has 0 radical (unpaired) electrons. The van der Waals surface area contributed by atoms with Crippen LogP contribution in [0.4, 0.5) is 0 Å². The molecule has 112 valence electrons. The normalized spacial score (nSPS) is 14.4. The van der Waals surface area contributed by atoms with Gasteiger partial charge in [0.1, 0.15) is 12.4 Å². The lowest BCUT2D eigenvalue weighted by molar-refractivity contribution is -0.121. The van der Waals surface area contributed by atoms with Crippen molar-refractivity contribution in [2.45, 2.75) is 45.7 Å². The molecule has 3 rings (SSSR count). The highest BCUT2D eigenvalue weighted by Gasteiger charge is 2.28. The molecule has 1 saturated carbocycles. The second kappa shape index (κ2) is 5.71. The summed E-state index contributed by atoms with van der Waals surface area (Å²) in [4.78, 5) is 16.4. The van der Waals surface area contributed by atoms with Gasteiger partial charge in [-0.1, -0.05) is 0 Å². The molecule has 0 spiro atoms. The second-order valence-corrected chi connectivity index (χ2v) is 5.69. The molecule has 1 aliphatic rings. The molecule has 0 aromatic carbocycles. The molecule has 21 heavy (non-hydrogen) atoms. The van der Waals surface area contributed by atoms with Crippen LogP contribution in [0.5, 0.6) is 0 Å². The summed E-state index contributed by atoms with van der Waals surface area (Å²) < 4.78 is 3.87. The van der Waals surface area contributed by atoms with E-state index in [0.717, 1.165) is 17.9 Å². The third-order valence-electron chi connectivity index (χ3n) is 3.77. The monoisotopic (exact) mass is 287 g/mol. The van der Waals surface area contributed by atoms with Crippen molar-refractivity contribution in [2.24, 2.45) is 0 Å². The Balaban J connectivity index is 1.49. The van der Waals surface area contributed by atoms with Crippen LogP contribution in [0, 0.1) is 13.8 Å². The van der Waals surface area contributed by atoms with Crippen molar-refractivity contribution in [3.63, 3.8) is 0 Å². The van der Waals surface area contributed by atoms with Crippen LogP contribution in [0.1, 0.15) is 36.0 Å². The van der Waals surface area contributed by atoms with Crippen molar-refractivity contribution >= 4 is 5.91 Å². The highest BCUT2D eigenvalue weighted by molar-refractivity contribution is 5.75. The number of hydrogen-bond acceptors (Lipinski definition) is 3. The Morgan fingerprint density at radius 3 is 2.90 bits per heavy atom. The number of nitrogens with zero attached hydrogens (tertiary/aromatic N) is 4. The molecule has 1 N–H and O–H groups in total. The average Bonchev–Trinajstić information content (AvgIpc) is 3.11. The average molecular weight is 287 g/mol. The second-order valence-electron chi connectivity index (χ2n) is 5.69. The molecular weight excluding hydrogens is 266 g/mol. The van der Waals surface area contributed by atoms with Crippen LogP contribution in [0.15, 0.2) is 18.5 Å². The quantitative estimate of drug-likeness (QED) is 0.873. The summed E-state index contributed by atoms with van der Waals surface area (Å²) in [7, 11) is 0. The molecule has 6 heteroatoms. The van der Waals surface area contributed by atoms with Crippen LogP contribution in [0.25, 0.3) is 0 Å². The first kappa shape index (κ1) is 13.9. The Morgan fingerprint density at radius 1 is 1.43 bits per heavy atom. The molecule has 0 unspecified atom stereocenters. The van der Waals surface area contributed by atoms with Crippen molar-refractivity contribution in [1.82, 2.24) is 24.6 Å². The van der Waals surface area contributed by atoms with Gasteiger partial charge in [0.05, 0.1) is 5.69 Å². The molecule has 6 nitrogen and oxygen atoms in total. The Kier molecular flexibility index (Phi) is 3.77. The minimum Gasteiger partial charge on any atom is -0.353 e. The number of amides is 1. The third-order valence-corrected chi connectivity index (χ3v) is 3.77. The summed E-state index contributed by atoms with van der Waals surface area (Å²) in [5.41, 5.74) is 2.08. The van der Waals surface area contributed by atoms with Gasteiger partial charge in [-0.25, -0.2) is 4.98 Å². The van der Waals surface area contributed by atoms with E-state index in [1.807, 2.05) is 25.4 Å². The van der Waals surface area contributed by atoms with E-state index in [9.17, 15) is 4.79 Å². The SMILES string of the molecule is Cc1ccn(CC(=O)NCCn2c(C)cnc2C2CC2)n1. The Hall–Kier alpha value is -2.11. The first-order valence-electron chi connectivity index (χ1n) is 7.42. The molecule has 0 aliphatic heterocycles. The van der Waals surface area contributed by atoms with E-state index >= 15 is 0 Å². The largest absolute Gasteiger partial charge is 0.353 e. The van der Waals surface area contributed by atoms with Crippen LogP contribution >= 0.6 is 0 Å². The van der Waals surface area contributed by atoms with E-state index in [4.69, 9.17) is 0 Å². The zero-order valence-corrected chi connectivity index (χ0v) is 12.5. The molecule has 2 aromatic heterocycles. The highest BCUT2D eigenvalue weighted by atomic mass is 16.2. The van der Waals surface area contributed by atoms with Gasteiger partial charge in [-0.15, -0.1) is 0 Å². The number of carbonyl (C=O) groups is 1. The van der Waals surface area contributed by atoms with Crippen molar-refractivity contribution < 1.29 is 4.79 Å². The van der Waals surface area contributed by atoms with Crippen molar-refractivity contribution in [3.05, 3.63) is 35.7 Å². The maximum absolute atomic E-state index is 11.9. The topological polar surface area (TPSA) is 64.7 Å². The highest BCUT2D eigenvalue weighted by Crippen LogP contribution is 2.39. The number of nitrogens with one attached hydrogen (secondary N) is 1. The molecule has 1 fully saturated rings. The number of imidazole rings is 1. The van der Waals surface area contributed by atoms with Gasteiger partial charge in [0.15, 0.2) is 0 Å². The Labute approximate surface area is 124 Å². The summed E-state index contributed by atoms with van der Waals surface area (Å²) in [5, 5.41) is 7.15. The number of rotatable bonds is 6. The maximum Gasteiger partial charge on any atom is 0.241 e. The number of aromatic nitrogens is 4. The summed E-state index contributed by atoms with van der Waals surface area (Å²) in [6, 6.07) is 1.89. The predicted molar refractivity (Wildman–Crippen MR) is 78.9 cm³/mol. The lowest BCUT2D eigenvalue weighted by Crippen LogP contribution is -2.31. The van der Waals surface area contributed by atoms with Gasteiger partial charge in [0.2, 0.25) is 5.91 Å². The van der Waals surface area contributed by atoms with Gasteiger partial charge < -0.3 is 9.88 Å². The van der Waals surface area contributed by atoms with Gasteiger partial charge in [0.25, 0.3) is 0 Å². The zero-order chi connectivity index (χ0) is 14.8. The molecular formula is C15H21N5O. The summed E-state index contributed by atoms with van der Waals surface area (Å²) in [6.45, 7) is 5.65. The van der Waals surface area contributed by atoms with Crippen molar-refractivity contribution in [2.75, 3.05) is 6.54 Å². The van der Waals surface area contributed by atoms with Crippen LogP contribution in [0.3, 0.4) is 0 Å². The number of carbonyl (C=O) groups excluding carboxylic acids is 1. The number of hydrogen-bond donors (Lipinski definition) is 1. The molecule has 1 amide bonds. The fraction of sp³-hybridized carbons (Fsp3) is 0.533. The van der Waals surface area contributed by atoms with E-state index in [0.29, 0.717) is 12.5 Å². The molecule has 0 atom stereocenters. The van der Waals surface area contributed by atoms with Gasteiger partial charge in [-0.3, -0.25) is 9.48 Å². The third kappa shape index (κ3) is 3.32. The molecule has 1 aliphatic carbocycles. The van der Waals surface area contributed by atoms with Gasteiger partial charge in [-0.2, -0.15) is 5.10 Å². The van der Waals surface area contributed by atoms with Crippen LogP contribution in [0.2, 0.25) is 0 Å². The van der Waals surface area contributed by atoms with Crippen LogP contribution in [-0.2, 0) is 17.9 Å². The fourth-order valence-corrected chi connectivity index (χ4v) is 2.50. The van der Waals surface area contributed by atoms with E-state index in [2.05, 4.69) is 26.9 Å². The van der Waals surface area contributed by atoms with Crippen LogP contribution < -0.4 is 5.32 Å². The molecule has 0 saturated heterocycles. The molecule has 2 heterocycles. The Morgan fingerprint density at radius 2 is 2.24 bits per heavy atom. The zero-order valence-electron chi connectivity index (χ0n) is 12.5. The smallest absolute Gasteiger partial charge is 0.241 e. The maximum atomic E-state index is 11.9. The van der Waals surface area contributed by atoms with E-state index in [1.54, 1.807) is 4.68 Å². The summed E-state index contributed by atoms with van der Waals surface area (Å²) in [6.07, 6.45) is 6.21. The summed E-state index contributed by atoms with van der Waals surface area (Å²) in [5.74, 6) is 1.79. The Bertz CT molecular complexity index is 638. The fourth-order valence-electron chi connectivity index (χ4n) is 2.50. The molecule has 2 aromatic rings. The minimum atomic E-state index is -0.0103. The van der Waals surface area contributed by atoms with E-state index in [1.165, 1.54) is 18.7 Å². The number of aryl methyl sites for hydroxylation is 2. The van der Waals surface area contributed by atoms with Crippen LogP contribution in [-0.4, -0.2) is 31.8 Å². The summed E-state index contributed by atoms with van der Waals surface area (Å²) >= 11 is 0. The van der Waals surface area contributed by atoms with E-state index < -0.39 is 0 Å².